The van der Waals surface area contributed by atoms with Gasteiger partial charge in [0, 0.05) is 12.1 Å². The van der Waals surface area contributed by atoms with Crippen LogP contribution in [0.2, 0.25) is 0 Å². The fourth-order valence-corrected chi connectivity index (χ4v) is 3.67. The van der Waals surface area contributed by atoms with Crippen molar-refractivity contribution < 1.29 is 12.8 Å². The van der Waals surface area contributed by atoms with Crippen molar-refractivity contribution in [1.82, 2.24) is 4.72 Å². The van der Waals surface area contributed by atoms with Crippen molar-refractivity contribution in [2.45, 2.75) is 17.7 Å². The molecular weight excluding hydrogens is 303 g/mol. The molecule has 0 saturated heterocycles. The fourth-order valence-electron chi connectivity index (χ4n) is 2.42. The summed E-state index contributed by atoms with van der Waals surface area (Å²) in [6.45, 7) is 0.475. The predicted octanol–water partition coefficient (Wildman–Crippen LogP) is 2.50. The van der Waals surface area contributed by atoms with Crippen LogP contribution in [-0.4, -0.2) is 20.8 Å². The van der Waals surface area contributed by atoms with Crippen LogP contribution in [0.3, 0.4) is 0 Å². The molecule has 2 aromatic carbocycles. The highest BCUT2D eigenvalue weighted by atomic mass is 32.2. The molecule has 0 atom stereocenters. The average molecular weight is 318 g/mol. The normalized spacial score (nSPS) is 17.2. The van der Waals surface area contributed by atoms with Crippen LogP contribution in [0, 0.1) is 5.82 Å². The van der Waals surface area contributed by atoms with Gasteiger partial charge in [0.15, 0.2) is 0 Å². The van der Waals surface area contributed by atoms with Gasteiger partial charge in [-0.3, -0.25) is 9.71 Å². The molecule has 0 unspecified atom stereocenters. The lowest BCUT2D eigenvalue weighted by atomic mass is 10.1. The monoisotopic (exact) mass is 318 g/mol. The molecule has 2 aromatic rings. The first-order valence-electron chi connectivity index (χ1n) is 6.97. The molecule has 0 aliphatic carbocycles. The SMILES string of the molecule is O=S1(=O)NC(=NCCCc2cccc(F)c2)c2ccccc21. The van der Waals surface area contributed by atoms with Crippen molar-refractivity contribution >= 4 is 15.9 Å². The number of aliphatic imine (C=N–C) groups is 1. The Morgan fingerprint density at radius 1 is 1.09 bits per heavy atom. The van der Waals surface area contributed by atoms with Crippen LogP contribution in [0.1, 0.15) is 17.5 Å². The van der Waals surface area contributed by atoms with Crippen molar-refractivity contribution in [2.75, 3.05) is 6.54 Å². The highest BCUT2D eigenvalue weighted by Gasteiger charge is 2.29. The number of nitrogens with one attached hydrogen (secondary N) is 1. The summed E-state index contributed by atoms with van der Waals surface area (Å²) < 4.78 is 39.4. The highest BCUT2D eigenvalue weighted by molar-refractivity contribution is 7.90. The van der Waals surface area contributed by atoms with E-state index in [0.717, 1.165) is 12.0 Å². The van der Waals surface area contributed by atoms with E-state index in [0.29, 0.717) is 24.4 Å². The molecule has 6 heteroatoms. The largest absolute Gasteiger partial charge is 0.267 e. The Bertz CT molecular complexity index is 832. The van der Waals surface area contributed by atoms with E-state index in [1.54, 1.807) is 30.3 Å². The van der Waals surface area contributed by atoms with Crippen LogP contribution in [0.25, 0.3) is 0 Å². The van der Waals surface area contributed by atoms with Gasteiger partial charge in [-0.1, -0.05) is 24.3 Å². The molecule has 0 saturated carbocycles. The number of rotatable bonds is 4. The first-order chi connectivity index (χ1) is 10.6. The Morgan fingerprint density at radius 3 is 2.73 bits per heavy atom. The molecule has 0 radical (unpaired) electrons. The molecule has 1 aliphatic heterocycles. The maximum absolute atomic E-state index is 13.1. The second-order valence-electron chi connectivity index (χ2n) is 5.07. The average Bonchev–Trinajstić information content (AvgIpc) is 2.76. The molecule has 0 aromatic heterocycles. The van der Waals surface area contributed by atoms with Gasteiger partial charge in [-0.25, -0.2) is 12.8 Å². The van der Waals surface area contributed by atoms with Gasteiger partial charge in [0.05, 0.1) is 4.90 Å². The summed E-state index contributed by atoms with van der Waals surface area (Å²) >= 11 is 0. The van der Waals surface area contributed by atoms with Gasteiger partial charge < -0.3 is 0 Å². The summed E-state index contributed by atoms with van der Waals surface area (Å²) in [5, 5.41) is 0. The molecular formula is C16H15FN2O2S. The fraction of sp³-hybridized carbons (Fsp3) is 0.188. The van der Waals surface area contributed by atoms with E-state index in [-0.39, 0.29) is 10.7 Å². The number of nitrogens with zero attached hydrogens (tertiary/aromatic N) is 1. The van der Waals surface area contributed by atoms with Crippen LogP contribution in [-0.2, 0) is 16.4 Å². The van der Waals surface area contributed by atoms with Gasteiger partial charge >= 0.3 is 0 Å². The third-order valence-electron chi connectivity index (χ3n) is 3.45. The molecule has 1 N–H and O–H groups in total. The number of fused-ring (bicyclic) bond motifs is 1. The Morgan fingerprint density at radius 2 is 1.91 bits per heavy atom. The zero-order chi connectivity index (χ0) is 15.6. The lowest BCUT2D eigenvalue weighted by Crippen LogP contribution is -2.22. The summed E-state index contributed by atoms with van der Waals surface area (Å²) in [5.41, 5.74) is 1.51. The minimum Gasteiger partial charge on any atom is -0.267 e. The van der Waals surface area contributed by atoms with E-state index in [9.17, 15) is 12.8 Å². The number of benzene rings is 2. The Hall–Kier alpha value is -2.21. The number of amidine groups is 1. The molecule has 3 rings (SSSR count). The standard InChI is InChI=1S/C16H15FN2O2S/c17-13-7-3-5-12(11-13)6-4-10-18-16-14-8-1-2-9-15(14)22(20,21)19-16/h1-3,5,7-9,11H,4,6,10H2,(H,18,19). The van der Waals surface area contributed by atoms with Crippen LogP contribution in [0.4, 0.5) is 4.39 Å². The summed E-state index contributed by atoms with van der Waals surface area (Å²) in [7, 11) is -3.48. The van der Waals surface area contributed by atoms with Gasteiger partial charge in [-0.05, 0) is 42.7 Å². The molecule has 1 aliphatic rings. The third kappa shape index (κ3) is 3.01. The maximum atomic E-state index is 13.1. The maximum Gasteiger partial charge on any atom is 0.263 e. The van der Waals surface area contributed by atoms with Crippen LogP contribution >= 0.6 is 0 Å². The quantitative estimate of drug-likeness (QED) is 0.881. The molecule has 4 nitrogen and oxygen atoms in total. The summed E-state index contributed by atoms with van der Waals surface area (Å²) in [6, 6.07) is 13.2. The predicted molar refractivity (Wildman–Crippen MR) is 82.9 cm³/mol. The molecule has 0 spiro atoms. The minimum absolute atomic E-state index is 0.249. The van der Waals surface area contributed by atoms with Crippen LogP contribution in [0.15, 0.2) is 58.4 Å². The topological polar surface area (TPSA) is 58.5 Å². The lowest BCUT2D eigenvalue weighted by molar-refractivity contribution is 0.595. The van der Waals surface area contributed by atoms with Crippen molar-refractivity contribution in [3.8, 4) is 0 Å². The molecule has 1 heterocycles. The minimum atomic E-state index is -3.48. The first kappa shape index (κ1) is 14.7. The molecule has 0 amide bonds. The number of hydrogen-bond acceptors (Lipinski definition) is 3. The molecule has 22 heavy (non-hydrogen) atoms. The van der Waals surface area contributed by atoms with E-state index < -0.39 is 10.0 Å². The van der Waals surface area contributed by atoms with E-state index in [2.05, 4.69) is 9.71 Å². The van der Waals surface area contributed by atoms with Crippen molar-refractivity contribution in [1.29, 1.82) is 0 Å². The van der Waals surface area contributed by atoms with Crippen LogP contribution in [0.5, 0.6) is 0 Å². The lowest BCUT2D eigenvalue weighted by Gasteiger charge is -2.01. The number of halogens is 1. The summed E-state index contributed by atoms with van der Waals surface area (Å²) in [4.78, 5) is 4.59. The van der Waals surface area contributed by atoms with Gasteiger partial charge in [-0.2, -0.15) is 0 Å². The van der Waals surface area contributed by atoms with Gasteiger partial charge in [0.2, 0.25) is 0 Å². The number of aryl methyl sites for hydroxylation is 1. The van der Waals surface area contributed by atoms with Gasteiger partial charge in [0.25, 0.3) is 10.0 Å². The van der Waals surface area contributed by atoms with Crippen LogP contribution < -0.4 is 4.72 Å². The van der Waals surface area contributed by atoms with E-state index in [1.807, 2.05) is 6.07 Å². The Labute approximate surface area is 128 Å². The van der Waals surface area contributed by atoms with Gasteiger partial charge in [0.1, 0.15) is 11.7 Å². The summed E-state index contributed by atoms with van der Waals surface area (Å²) in [5.74, 6) is 0.135. The second kappa shape index (κ2) is 5.88. The van der Waals surface area contributed by atoms with Gasteiger partial charge in [-0.15, -0.1) is 0 Å². The molecule has 0 bridgehead atoms. The van der Waals surface area contributed by atoms with Crippen molar-refractivity contribution in [3.63, 3.8) is 0 Å². The van der Waals surface area contributed by atoms with Crippen molar-refractivity contribution in [2.24, 2.45) is 4.99 Å². The number of sulfonamides is 1. The molecule has 0 fully saturated rings. The Kier molecular flexibility index (Phi) is 3.94. The zero-order valence-electron chi connectivity index (χ0n) is 11.8. The second-order valence-corrected chi connectivity index (χ2v) is 6.72. The number of hydrogen-bond donors (Lipinski definition) is 1. The Balaban J connectivity index is 1.67. The molecule has 114 valence electrons. The first-order valence-corrected chi connectivity index (χ1v) is 8.46. The van der Waals surface area contributed by atoms with E-state index in [1.165, 1.54) is 12.1 Å². The summed E-state index contributed by atoms with van der Waals surface area (Å²) in [6.07, 6.45) is 1.42. The third-order valence-corrected chi connectivity index (χ3v) is 4.84. The van der Waals surface area contributed by atoms with E-state index in [4.69, 9.17) is 0 Å². The van der Waals surface area contributed by atoms with Crippen molar-refractivity contribution in [3.05, 3.63) is 65.5 Å². The zero-order valence-corrected chi connectivity index (χ0v) is 12.6. The van der Waals surface area contributed by atoms with E-state index >= 15 is 0 Å². The highest BCUT2D eigenvalue weighted by Crippen LogP contribution is 2.22. The smallest absolute Gasteiger partial charge is 0.263 e.